The van der Waals surface area contributed by atoms with Crippen LogP contribution in [0.2, 0.25) is 5.02 Å². The van der Waals surface area contributed by atoms with Gasteiger partial charge < -0.3 is 15.4 Å². The Labute approximate surface area is 118 Å². The number of nitrogens with one attached hydrogen (secondary N) is 2. The van der Waals surface area contributed by atoms with Crippen molar-refractivity contribution in [3.63, 3.8) is 0 Å². The molecule has 104 valence electrons. The summed E-state index contributed by atoms with van der Waals surface area (Å²) in [5.74, 6) is 0.282. The van der Waals surface area contributed by atoms with E-state index in [1.807, 2.05) is 24.3 Å². The van der Waals surface area contributed by atoms with Crippen molar-refractivity contribution in [2.45, 2.75) is 18.9 Å². The quantitative estimate of drug-likeness (QED) is 0.896. The molecule has 0 bridgehead atoms. The normalized spacial score (nSPS) is 20.6. The number of halogens is 1. The van der Waals surface area contributed by atoms with E-state index in [0.717, 1.165) is 31.5 Å². The zero-order valence-corrected chi connectivity index (χ0v) is 11.7. The zero-order chi connectivity index (χ0) is 13.7. The monoisotopic (exact) mass is 282 g/mol. The average Bonchev–Trinajstić information content (AvgIpc) is 2.45. The predicted octanol–water partition coefficient (Wildman–Crippen LogP) is 2.74. The van der Waals surface area contributed by atoms with E-state index in [1.54, 1.807) is 7.05 Å². The van der Waals surface area contributed by atoms with Gasteiger partial charge in [0.25, 0.3) is 0 Å². The first-order chi connectivity index (χ1) is 9.20. The smallest absolute Gasteiger partial charge is 0.407 e. The van der Waals surface area contributed by atoms with Gasteiger partial charge in [0.05, 0.1) is 0 Å². The van der Waals surface area contributed by atoms with Crippen molar-refractivity contribution in [2.75, 3.05) is 20.1 Å². The molecule has 19 heavy (non-hydrogen) atoms. The predicted molar refractivity (Wildman–Crippen MR) is 75.3 cm³/mol. The van der Waals surface area contributed by atoms with Gasteiger partial charge in [-0.25, -0.2) is 4.79 Å². The lowest BCUT2D eigenvalue weighted by Gasteiger charge is -2.30. The second kappa shape index (κ2) is 6.78. The lowest BCUT2D eigenvalue weighted by molar-refractivity contribution is 0.0532. The molecular formula is C14H19ClN2O2. The van der Waals surface area contributed by atoms with Gasteiger partial charge >= 0.3 is 6.09 Å². The van der Waals surface area contributed by atoms with E-state index in [4.69, 9.17) is 16.3 Å². The highest BCUT2D eigenvalue weighted by atomic mass is 35.5. The summed E-state index contributed by atoms with van der Waals surface area (Å²) in [6, 6.07) is 7.52. The number of alkyl carbamates (subject to hydrolysis) is 1. The van der Waals surface area contributed by atoms with E-state index in [1.165, 1.54) is 0 Å². The molecule has 0 aromatic heterocycles. The van der Waals surface area contributed by atoms with E-state index in [0.29, 0.717) is 5.02 Å². The molecule has 2 atom stereocenters. The van der Waals surface area contributed by atoms with Gasteiger partial charge in [-0.1, -0.05) is 23.7 Å². The van der Waals surface area contributed by atoms with Crippen LogP contribution in [0.4, 0.5) is 4.79 Å². The molecule has 1 amide bonds. The van der Waals surface area contributed by atoms with Gasteiger partial charge in [-0.05, 0) is 37.1 Å². The number of ether oxygens (including phenoxy) is 1. The Morgan fingerprint density at radius 3 is 3.05 bits per heavy atom. The molecule has 1 aromatic rings. The summed E-state index contributed by atoms with van der Waals surface area (Å²) in [5, 5.41) is 6.51. The Morgan fingerprint density at radius 2 is 2.42 bits per heavy atom. The van der Waals surface area contributed by atoms with Gasteiger partial charge in [-0.3, -0.25) is 0 Å². The molecule has 0 spiro atoms. The van der Waals surface area contributed by atoms with Crippen molar-refractivity contribution in [3.05, 3.63) is 34.9 Å². The number of hydrogen-bond donors (Lipinski definition) is 2. The van der Waals surface area contributed by atoms with Crippen LogP contribution in [0.15, 0.2) is 24.3 Å². The maximum absolute atomic E-state index is 11.5. The summed E-state index contributed by atoms with van der Waals surface area (Å²) in [6.07, 6.45) is 1.47. The molecule has 1 saturated heterocycles. The molecule has 0 saturated carbocycles. The number of rotatable bonds is 3. The largest absolute Gasteiger partial charge is 0.441 e. The summed E-state index contributed by atoms with van der Waals surface area (Å²) < 4.78 is 5.53. The second-order valence-electron chi connectivity index (χ2n) is 4.74. The van der Waals surface area contributed by atoms with E-state index in [9.17, 15) is 4.79 Å². The van der Waals surface area contributed by atoms with Crippen LogP contribution < -0.4 is 10.6 Å². The van der Waals surface area contributed by atoms with E-state index in [2.05, 4.69) is 10.6 Å². The SMILES string of the molecule is CNC(=O)OC(c1cccc(Cl)c1)[C@@H]1CCCNC1. The number of hydrogen-bond acceptors (Lipinski definition) is 3. The van der Waals surface area contributed by atoms with Crippen LogP contribution in [-0.2, 0) is 4.74 Å². The topological polar surface area (TPSA) is 50.4 Å². The summed E-state index contributed by atoms with van der Waals surface area (Å²) >= 11 is 6.03. The molecule has 2 rings (SSSR count). The number of piperidine rings is 1. The van der Waals surface area contributed by atoms with Crippen LogP contribution >= 0.6 is 11.6 Å². The Bertz CT molecular complexity index is 433. The minimum Gasteiger partial charge on any atom is -0.441 e. The van der Waals surface area contributed by atoms with Crippen LogP contribution in [0.25, 0.3) is 0 Å². The van der Waals surface area contributed by atoms with Crippen LogP contribution in [0.1, 0.15) is 24.5 Å². The summed E-state index contributed by atoms with van der Waals surface area (Å²) in [6.45, 7) is 1.88. The van der Waals surface area contributed by atoms with Crippen molar-refractivity contribution >= 4 is 17.7 Å². The first kappa shape index (κ1) is 14.2. The fraction of sp³-hybridized carbons (Fsp3) is 0.500. The van der Waals surface area contributed by atoms with Crippen LogP contribution in [-0.4, -0.2) is 26.2 Å². The van der Waals surface area contributed by atoms with E-state index in [-0.39, 0.29) is 12.0 Å². The van der Waals surface area contributed by atoms with Gasteiger partial charge in [-0.15, -0.1) is 0 Å². The van der Waals surface area contributed by atoms with Gasteiger partial charge in [-0.2, -0.15) is 0 Å². The van der Waals surface area contributed by atoms with Crippen LogP contribution in [0.3, 0.4) is 0 Å². The molecule has 1 aromatic carbocycles. The van der Waals surface area contributed by atoms with Crippen LogP contribution in [0.5, 0.6) is 0 Å². The summed E-state index contributed by atoms with van der Waals surface area (Å²) in [5.41, 5.74) is 0.949. The lowest BCUT2D eigenvalue weighted by Crippen LogP contribution is -2.36. The van der Waals surface area contributed by atoms with Crippen molar-refractivity contribution in [2.24, 2.45) is 5.92 Å². The highest BCUT2D eigenvalue weighted by Crippen LogP contribution is 2.32. The first-order valence-corrected chi connectivity index (χ1v) is 6.93. The van der Waals surface area contributed by atoms with Gasteiger partial charge in [0.15, 0.2) is 0 Å². The molecule has 1 fully saturated rings. The molecular weight excluding hydrogens is 264 g/mol. The van der Waals surface area contributed by atoms with Crippen molar-refractivity contribution < 1.29 is 9.53 Å². The molecule has 4 nitrogen and oxygen atoms in total. The van der Waals surface area contributed by atoms with Crippen molar-refractivity contribution in [1.82, 2.24) is 10.6 Å². The van der Waals surface area contributed by atoms with Gasteiger partial charge in [0, 0.05) is 24.5 Å². The number of carbonyl (C=O) groups is 1. The maximum atomic E-state index is 11.5. The first-order valence-electron chi connectivity index (χ1n) is 6.55. The third-order valence-electron chi connectivity index (χ3n) is 3.38. The minimum atomic E-state index is -0.407. The van der Waals surface area contributed by atoms with Gasteiger partial charge in [0.1, 0.15) is 6.10 Å². The Morgan fingerprint density at radius 1 is 1.58 bits per heavy atom. The fourth-order valence-electron chi connectivity index (χ4n) is 2.43. The molecule has 0 aliphatic carbocycles. The molecule has 5 heteroatoms. The van der Waals surface area contributed by atoms with E-state index < -0.39 is 6.09 Å². The second-order valence-corrected chi connectivity index (χ2v) is 5.17. The van der Waals surface area contributed by atoms with Crippen LogP contribution in [0, 0.1) is 5.92 Å². The molecule has 1 aliphatic heterocycles. The third kappa shape index (κ3) is 3.85. The van der Waals surface area contributed by atoms with Crippen molar-refractivity contribution in [1.29, 1.82) is 0 Å². The number of amides is 1. The molecule has 1 heterocycles. The molecule has 0 radical (unpaired) electrons. The Kier molecular flexibility index (Phi) is 5.05. The lowest BCUT2D eigenvalue weighted by atomic mass is 9.89. The Hall–Kier alpha value is -1.26. The number of benzene rings is 1. The molecule has 1 aliphatic rings. The highest BCUT2D eigenvalue weighted by Gasteiger charge is 2.28. The van der Waals surface area contributed by atoms with E-state index >= 15 is 0 Å². The average molecular weight is 283 g/mol. The third-order valence-corrected chi connectivity index (χ3v) is 3.61. The highest BCUT2D eigenvalue weighted by molar-refractivity contribution is 6.30. The van der Waals surface area contributed by atoms with Crippen molar-refractivity contribution in [3.8, 4) is 0 Å². The fourth-order valence-corrected chi connectivity index (χ4v) is 2.63. The standard InChI is InChI=1S/C14H19ClN2O2/c1-16-14(18)19-13(11-5-3-7-17-9-11)10-4-2-6-12(15)8-10/h2,4,6,8,11,13,17H,3,5,7,9H2,1H3,(H,16,18)/t11-,13?/m1/s1. The van der Waals surface area contributed by atoms with Gasteiger partial charge in [0.2, 0.25) is 0 Å². The zero-order valence-electron chi connectivity index (χ0n) is 11.0. The summed E-state index contributed by atoms with van der Waals surface area (Å²) in [7, 11) is 1.57. The number of carbonyl (C=O) groups excluding carboxylic acids is 1. The molecule has 1 unspecified atom stereocenters. The molecule has 2 N–H and O–H groups in total. The minimum absolute atomic E-state index is 0.258. The summed E-state index contributed by atoms with van der Waals surface area (Å²) in [4.78, 5) is 11.5. The Balaban J connectivity index is 2.19. The maximum Gasteiger partial charge on any atom is 0.407 e.